The normalized spacial score (nSPS) is 19.7. The van der Waals surface area contributed by atoms with Crippen LogP contribution in [-0.2, 0) is 16.0 Å². The van der Waals surface area contributed by atoms with Crippen LogP contribution in [0.4, 0.5) is 5.69 Å². The molecule has 130 valence electrons. The highest BCUT2D eigenvalue weighted by Crippen LogP contribution is 2.26. The van der Waals surface area contributed by atoms with E-state index < -0.39 is 0 Å². The monoisotopic (exact) mass is 337 g/mol. The molecular formula is C20H23N3O2. The number of carbonyl (C=O) groups is 2. The molecule has 1 aliphatic heterocycles. The van der Waals surface area contributed by atoms with Gasteiger partial charge in [-0.1, -0.05) is 42.5 Å². The third-order valence-corrected chi connectivity index (χ3v) is 4.58. The van der Waals surface area contributed by atoms with Crippen molar-refractivity contribution in [3.05, 3.63) is 65.7 Å². The summed E-state index contributed by atoms with van der Waals surface area (Å²) in [5.41, 5.74) is 9.11. The number of nitrogens with two attached hydrogens (primary N) is 1. The van der Waals surface area contributed by atoms with Gasteiger partial charge >= 0.3 is 0 Å². The van der Waals surface area contributed by atoms with E-state index in [1.807, 2.05) is 47.4 Å². The fourth-order valence-corrected chi connectivity index (χ4v) is 3.28. The van der Waals surface area contributed by atoms with Crippen LogP contribution in [0.25, 0.3) is 0 Å². The Labute approximate surface area is 147 Å². The van der Waals surface area contributed by atoms with Crippen molar-refractivity contribution in [2.75, 3.05) is 18.4 Å². The molecule has 0 aromatic heterocycles. The topological polar surface area (TPSA) is 75.4 Å². The Morgan fingerprint density at radius 1 is 1.08 bits per heavy atom. The Bertz CT molecular complexity index is 743. The second kappa shape index (κ2) is 7.49. The lowest BCUT2D eigenvalue weighted by atomic mass is 9.95. The number of benzene rings is 2. The molecule has 1 fully saturated rings. The maximum Gasteiger partial charge on any atom is 0.227 e. The van der Waals surface area contributed by atoms with Crippen molar-refractivity contribution in [1.29, 1.82) is 0 Å². The van der Waals surface area contributed by atoms with E-state index in [1.54, 1.807) is 0 Å². The lowest BCUT2D eigenvalue weighted by molar-refractivity contribution is -0.129. The lowest BCUT2D eigenvalue weighted by Gasteiger charge is -2.16. The van der Waals surface area contributed by atoms with E-state index in [4.69, 9.17) is 5.73 Å². The zero-order valence-electron chi connectivity index (χ0n) is 14.3. The molecule has 1 aliphatic rings. The molecule has 25 heavy (non-hydrogen) atoms. The van der Waals surface area contributed by atoms with Crippen molar-refractivity contribution in [1.82, 2.24) is 4.90 Å². The summed E-state index contributed by atoms with van der Waals surface area (Å²) in [7, 11) is 0. The van der Waals surface area contributed by atoms with Gasteiger partial charge in [0, 0.05) is 37.7 Å². The Balaban J connectivity index is 1.61. The van der Waals surface area contributed by atoms with Crippen LogP contribution >= 0.6 is 0 Å². The Kier molecular flexibility index (Phi) is 5.14. The number of carbonyl (C=O) groups excluding carboxylic acids is 2. The summed E-state index contributed by atoms with van der Waals surface area (Å²) in [5.74, 6) is 0.162. The molecule has 2 atom stereocenters. The molecule has 5 heteroatoms. The summed E-state index contributed by atoms with van der Waals surface area (Å²) in [4.78, 5) is 25.5. The number of likely N-dealkylation sites (tertiary alicyclic amines) is 1. The lowest BCUT2D eigenvalue weighted by Crippen LogP contribution is -2.33. The quantitative estimate of drug-likeness (QED) is 0.897. The fraction of sp³-hybridized carbons (Fsp3) is 0.300. The molecule has 0 saturated carbocycles. The van der Waals surface area contributed by atoms with E-state index in [2.05, 4.69) is 17.4 Å². The summed E-state index contributed by atoms with van der Waals surface area (Å²) in [6, 6.07) is 17.5. The third kappa shape index (κ3) is 4.25. The van der Waals surface area contributed by atoms with E-state index >= 15 is 0 Å². The van der Waals surface area contributed by atoms with Gasteiger partial charge in [-0.25, -0.2) is 0 Å². The van der Waals surface area contributed by atoms with Crippen LogP contribution in [0.15, 0.2) is 54.6 Å². The molecule has 3 N–H and O–H groups in total. The first-order valence-electron chi connectivity index (χ1n) is 8.48. The summed E-state index contributed by atoms with van der Waals surface area (Å²) >= 11 is 0. The molecule has 3 rings (SSSR count). The minimum atomic E-state index is -0.109. The Morgan fingerprint density at radius 3 is 2.40 bits per heavy atom. The second-order valence-electron chi connectivity index (χ2n) is 6.53. The van der Waals surface area contributed by atoms with Crippen LogP contribution in [0.3, 0.4) is 0 Å². The Morgan fingerprint density at radius 2 is 1.76 bits per heavy atom. The van der Waals surface area contributed by atoms with Crippen molar-refractivity contribution in [2.24, 2.45) is 5.73 Å². The van der Waals surface area contributed by atoms with Gasteiger partial charge in [0.2, 0.25) is 11.8 Å². The number of hydrogen-bond donors (Lipinski definition) is 2. The fourth-order valence-electron chi connectivity index (χ4n) is 3.28. The van der Waals surface area contributed by atoms with Gasteiger partial charge in [0.1, 0.15) is 0 Å². The van der Waals surface area contributed by atoms with Crippen molar-refractivity contribution >= 4 is 17.5 Å². The van der Waals surface area contributed by atoms with Gasteiger partial charge in [-0.3, -0.25) is 9.59 Å². The summed E-state index contributed by atoms with van der Waals surface area (Å²) in [6.07, 6.45) is 0.342. The maximum atomic E-state index is 12.6. The number of rotatable bonds is 4. The zero-order chi connectivity index (χ0) is 17.8. The molecule has 1 saturated heterocycles. The van der Waals surface area contributed by atoms with E-state index in [-0.39, 0.29) is 23.8 Å². The maximum absolute atomic E-state index is 12.6. The third-order valence-electron chi connectivity index (χ3n) is 4.58. The molecule has 0 unspecified atom stereocenters. The predicted octanol–water partition coefficient (Wildman–Crippen LogP) is 2.14. The first-order valence-corrected chi connectivity index (χ1v) is 8.48. The molecule has 0 bridgehead atoms. The first kappa shape index (κ1) is 17.2. The van der Waals surface area contributed by atoms with E-state index in [0.717, 1.165) is 11.3 Å². The zero-order valence-corrected chi connectivity index (χ0v) is 14.3. The number of amides is 2. The predicted molar refractivity (Wildman–Crippen MR) is 98.2 cm³/mol. The summed E-state index contributed by atoms with van der Waals surface area (Å²) < 4.78 is 0. The van der Waals surface area contributed by atoms with E-state index in [9.17, 15) is 9.59 Å². The summed E-state index contributed by atoms with van der Waals surface area (Å²) in [5, 5.41) is 2.72. The van der Waals surface area contributed by atoms with Gasteiger partial charge in [-0.05, 0) is 23.3 Å². The first-order chi connectivity index (χ1) is 12.0. The SMILES string of the molecule is CC(=O)Nc1ccc(CC(=O)N2C[C@@H](N)[C@H](c3ccccc3)C2)cc1. The molecule has 2 amide bonds. The van der Waals surface area contributed by atoms with Crippen LogP contribution in [0.1, 0.15) is 24.0 Å². The van der Waals surface area contributed by atoms with Crippen molar-refractivity contribution in [3.63, 3.8) is 0 Å². The molecular weight excluding hydrogens is 314 g/mol. The molecule has 1 heterocycles. The minimum Gasteiger partial charge on any atom is -0.340 e. The minimum absolute atomic E-state index is 0.0338. The molecule has 2 aromatic rings. The highest BCUT2D eigenvalue weighted by atomic mass is 16.2. The van der Waals surface area contributed by atoms with Crippen LogP contribution in [-0.4, -0.2) is 35.8 Å². The molecule has 5 nitrogen and oxygen atoms in total. The molecule has 0 spiro atoms. The molecule has 2 aromatic carbocycles. The van der Waals surface area contributed by atoms with Crippen molar-refractivity contribution in [2.45, 2.75) is 25.3 Å². The number of nitrogens with one attached hydrogen (secondary N) is 1. The molecule has 0 radical (unpaired) electrons. The largest absolute Gasteiger partial charge is 0.340 e. The van der Waals surface area contributed by atoms with E-state index in [1.165, 1.54) is 12.5 Å². The highest BCUT2D eigenvalue weighted by molar-refractivity contribution is 5.88. The van der Waals surface area contributed by atoms with Gasteiger partial charge in [-0.2, -0.15) is 0 Å². The standard InChI is InChI=1S/C20H23N3O2/c1-14(24)22-17-9-7-15(8-10-17)11-20(25)23-12-18(19(21)13-23)16-5-3-2-4-6-16/h2-10,18-19H,11-13,21H2,1H3,(H,22,24)/t18-,19+/m0/s1. The van der Waals surface area contributed by atoms with Crippen LogP contribution in [0, 0.1) is 0 Å². The second-order valence-corrected chi connectivity index (χ2v) is 6.53. The van der Waals surface area contributed by atoms with Gasteiger partial charge in [0.05, 0.1) is 6.42 Å². The van der Waals surface area contributed by atoms with Crippen LogP contribution < -0.4 is 11.1 Å². The van der Waals surface area contributed by atoms with Gasteiger partial charge < -0.3 is 16.0 Å². The smallest absolute Gasteiger partial charge is 0.227 e. The van der Waals surface area contributed by atoms with Gasteiger partial charge in [0.25, 0.3) is 0 Å². The summed E-state index contributed by atoms with van der Waals surface area (Å²) in [6.45, 7) is 2.72. The average Bonchev–Trinajstić information content (AvgIpc) is 2.99. The average molecular weight is 337 g/mol. The van der Waals surface area contributed by atoms with Crippen LogP contribution in [0.2, 0.25) is 0 Å². The number of hydrogen-bond acceptors (Lipinski definition) is 3. The van der Waals surface area contributed by atoms with E-state index in [0.29, 0.717) is 19.5 Å². The molecule has 0 aliphatic carbocycles. The number of anilines is 1. The highest BCUT2D eigenvalue weighted by Gasteiger charge is 2.33. The van der Waals surface area contributed by atoms with Crippen molar-refractivity contribution < 1.29 is 9.59 Å². The van der Waals surface area contributed by atoms with Gasteiger partial charge in [0.15, 0.2) is 0 Å². The van der Waals surface area contributed by atoms with Gasteiger partial charge in [-0.15, -0.1) is 0 Å². The number of nitrogens with zero attached hydrogens (tertiary/aromatic N) is 1. The van der Waals surface area contributed by atoms with Crippen LogP contribution in [0.5, 0.6) is 0 Å². The Hall–Kier alpha value is -2.66. The van der Waals surface area contributed by atoms with Crippen molar-refractivity contribution in [3.8, 4) is 0 Å².